The molecule has 3 rings (SSSR count). The van der Waals surface area contributed by atoms with E-state index >= 15 is 0 Å². The van der Waals surface area contributed by atoms with Crippen LogP contribution in [0.4, 0.5) is 5.69 Å². The molecule has 0 N–H and O–H groups in total. The van der Waals surface area contributed by atoms with Crippen molar-refractivity contribution in [2.45, 2.75) is 0 Å². The van der Waals surface area contributed by atoms with Crippen molar-refractivity contribution < 1.29 is 9.53 Å². The SMILES string of the molecule is O=C(COc1cc(Cl)ccc1Cl)N1CCN(c2ccccc2Cl)CC1. The molecule has 1 heterocycles. The van der Waals surface area contributed by atoms with Crippen molar-refractivity contribution >= 4 is 46.4 Å². The van der Waals surface area contributed by atoms with Crippen LogP contribution in [0.2, 0.25) is 15.1 Å². The van der Waals surface area contributed by atoms with E-state index in [0.29, 0.717) is 28.9 Å². The maximum absolute atomic E-state index is 12.4. The largest absolute Gasteiger partial charge is 0.482 e. The number of amides is 1. The molecule has 0 aliphatic carbocycles. The van der Waals surface area contributed by atoms with Gasteiger partial charge in [-0.3, -0.25) is 4.79 Å². The van der Waals surface area contributed by atoms with Gasteiger partial charge in [0.05, 0.1) is 15.7 Å². The predicted molar refractivity (Wildman–Crippen MR) is 102 cm³/mol. The van der Waals surface area contributed by atoms with Gasteiger partial charge in [0.1, 0.15) is 5.75 Å². The van der Waals surface area contributed by atoms with Crippen LogP contribution >= 0.6 is 34.8 Å². The van der Waals surface area contributed by atoms with Gasteiger partial charge in [-0.15, -0.1) is 0 Å². The van der Waals surface area contributed by atoms with Crippen molar-refractivity contribution in [3.8, 4) is 5.75 Å². The van der Waals surface area contributed by atoms with Gasteiger partial charge in [0.25, 0.3) is 5.91 Å². The van der Waals surface area contributed by atoms with Crippen LogP contribution in [0.15, 0.2) is 42.5 Å². The minimum absolute atomic E-state index is 0.0633. The molecule has 0 unspecified atom stereocenters. The Kier molecular flexibility index (Phi) is 5.94. The van der Waals surface area contributed by atoms with E-state index in [9.17, 15) is 4.79 Å². The Hall–Kier alpha value is -1.62. The summed E-state index contributed by atoms with van der Waals surface area (Å²) >= 11 is 18.2. The monoisotopic (exact) mass is 398 g/mol. The molecule has 1 aliphatic heterocycles. The molecule has 1 saturated heterocycles. The Balaban J connectivity index is 1.53. The van der Waals surface area contributed by atoms with Gasteiger partial charge in [-0.1, -0.05) is 46.9 Å². The van der Waals surface area contributed by atoms with E-state index in [1.54, 1.807) is 23.1 Å². The third-order valence-electron chi connectivity index (χ3n) is 4.07. The summed E-state index contributed by atoms with van der Waals surface area (Å²) in [6.07, 6.45) is 0. The van der Waals surface area contributed by atoms with Crippen molar-refractivity contribution in [2.75, 3.05) is 37.7 Å². The molecular weight excluding hydrogens is 383 g/mol. The highest BCUT2D eigenvalue weighted by Gasteiger charge is 2.22. The molecule has 0 spiro atoms. The van der Waals surface area contributed by atoms with Crippen LogP contribution in [-0.2, 0) is 4.79 Å². The number of nitrogens with zero attached hydrogens (tertiary/aromatic N) is 2. The number of hydrogen-bond donors (Lipinski definition) is 0. The lowest BCUT2D eigenvalue weighted by Crippen LogP contribution is -2.50. The Bertz CT molecular complexity index is 762. The van der Waals surface area contributed by atoms with E-state index in [4.69, 9.17) is 39.5 Å². The van der Waals surface area contributed by atoms with Crippen LogP contribution in [0, 0.1) is 0 Å². The summed E-state index contributed by atoms with van der Waals surface area (Å²) in [5, 5.41) is 1.67. The molecule has 1 amide bonds. The average Bonchev–Trinajstić information content (AvgIpc) is 2.63. The molecule has 2 aromatic rings. The van der Waals surface area contributed by atoms with Crippen molar-refractivity contribution in [1.29, 1.82) is 0 Å². The molecule has 2 aromatic carbocycles. The number of benzene rings is 2. The summed E-state index contributed by atoms with van der Waals surface area (Å²) in [4.78, 5) is 16.3. The minimum atomic E-state index is -0.0742. The zero-order valence-corrected chi connectivity index (χ0v) is 15.7. The van der Waals surface area contributed by atoms with Gasteiger partial charge in [0, 0.05) is 37.3 Å². The Morgan fingerprint density at radius 2 is 1.68 bits per heavy atom. The van der Waals surface area contributed by atoms with E-state index < -0.39 is 0 Å². The smallest absolute Gasteiger partial charge is 0.260 e. The van der Waals surface area contributed by atoms with E-state index in [1.807, 2.05) is 24.3 Å². The lowest BCUT2D eigenvalue weighted by atomic mass is 10.2. The van der Waals surface area contributed by atoms with Gasteiger partial charge < -0.3 is 14.5 Å². The van der Waals surface area contributed by atoms with Gasteiger partial charge >= 0.3 is 0 Å². The summed E-state index contributed by atoms with van der Waals surface area (Å²) in [7, 11) is 0. The summed E-state index contributed by atoms with van der Waals surface area (Å²) in [5.41, 5.74) is 0.998. The second kappa shape index (κ2) is 8.17. The van der Waals surface area contributed by atoms with Crippen molar-refractivity contribution in [2.24, 2.45) is 0 Å². The molecule has 0 atom stereocenters. The number of halogens is 3. The third kappa shape index (κ3) is 4.51. The van der Waals surface area contributed by atoms with Crippen LogP contribution in [0.5, 0.6) is 5.75 Å². The van der Waals surface area contributed by atoms with E-state index in [1.165, 1.54) is 0 Å². The molecule has 0 aromatic heterocycles. The Labute approximate surface area is 161 Å². The summed E-state index contributed by atoms with van der Waals surface area (Å²) in [6, 6.07) is 12.7. The van der Waals surface area contributed by atoms with Gasteiger partial charge in [-0.05, 0) is 24.3 Å². The molecule has 4 nitrogen and oxygen atoms in total. The fourth-order valence-corrected chi connectivity index (χ4v) is 3.31. The molecule has 0 bridgehead atoms. The first kappa shape index (κ1) is 18.2. The topological polar surface area (TPSA) is 32.8 Å². The highest BCUT2D eigenvalue weighted by atomic mass is 35.5. The number of rotatable bonds is 4. The molecule has 1 aliphatic rings. The molecule has 0 saturated carbocycles. The van der Waals surface area contributed by atoms with Crippen LogP contribution in [-0.4, -0.2) is 43.6 Å². The van der Waals surface area contributed by atoms with Crippen molar-refractivity contribution in [3.63, 3.8) is 0 Å². The minimum Gasteiger partial charge on any atom is -0.482 e. The standard InChI is InChI=1S/C18H17Cl3N2O2/c19-13-5-6-15(21)17(11-13)25-12-18(24)23-9-7-22(8-10-23)16-4-2-1-3-14(16)20/h1-6,11H,7-10,12H2. The highest BCUT2D eigenvalue weighted by Crippen LogP contribution is 2.28. The number of carbonyl (C=O) groups excluding carboxylic acids is 1. The first-order chi connectivity index (χ1) is 12.0. The highest BCUT2D eigenvalue weighted by molar-refractivity contribution is 6.34. The molecular formula is C18H17Cl3N2O2. The van der Waals surface area contributed by atoms with Crippen LogP contribution < -0.4 is 9.64 Å². The van der Waals surface area contributed by atoms with Crippen LogP contribution in [0.1, 0.15) is 0 Å². The predicted octanol–water partition coefficient (Wildman–Crippen LogP) is 4.37. The third-order valence-corrected chi connectivity index (χ3v) is 4.94. The molecule has 1 fully saturated rings. The lowest BCUT2D eigenvalue weighted by molar-refractivity contribution is -0.133. The van der Waals surface area contributed by atoms with Gasteiger partial charge in [-0.2, -0.15) is 0 Å². The second-order valence-corrected chi connectivity index (χ2v) is 6.93. The summed E-state index contributed by atoms with van der Waals surface area (Å²) < 4.78 is 5.52. The average molecular weight is 400 g/mol. The number of ether oxygens (including phenoxy) is 1. The Morgan fingerprint density at radius 3 is 2.40 bits per heavy atom. The van der Waals surface area contributed by atoms with Gasteiger partial charge in [0.15, 0.2) is 6.61 Å². The Morgan fingerprint density at radius 1 is 0.960 bits per heavy atom. The quantitative estimate of drug-likeness (QED) is 0.765. The van der Waals surface area contributed by atoms with Crippen LogP contribution in [0.3, 0.4) is 0 Å². The van der Waals surface area contributed by atoms with Crippen molar-refractivity contribution in [3.05, 3.63) is 57.5 Å². The number of carbonyl (C=O) groups is 1. The molecule has 132 valence electrons. The molecule has 7 heteroatoms. The van der Waals surface area contributed by atoms with E-state index in [2.05, 4.69) is 4.90 Å². The molecule has 0 radical (unpaired) electrons. The fraction of sp³-hybridized carbons (Fsp3) is 0.278. The number of para-hydroxylation sites is 1. The van der Waals surface area contributed by atoms with Gasteiger partial charge in [0.2, 0.25) is 0 Å². The number of piperazine rings is 1. The normalized spacial score (nSPS) is 14.5. The zero-order valence-electron chi connectivity index (χ0n) is 13.4. The maximum Gasteiger partial charge on any atom is 0.260 e. The van der Waals surface area contributed by atoms with E-state index in [-0.39, 0.29) is 12.5 Å². The number of hydrogen-bond acceptors (Lipinski definition) is 3. The second-order valence-electron chi connectivity index (χ2n) is 5.68. The fourth-order valence-electron chi connectivity index (χ4n) is 2.72. The summed E-state index contributed by atoms with van der Waals surface area (Å²) in [5.74, 6) is 0.340. The molecule has 25 heavy (non-hydrogen) atoms. The zero-order chi connectivity index (χ0) is 17.8. The first-order valence-electron chi connectivity index (χ1n) is 7.89. The van der Waals surface area contributed by atoms with Crippen molar-refractivity contribution in [1.82, 2.24) is 4.90 Å². The maximum atomic E-state index is 12.4. The lowest BCUT2D eigenvalue weighted by Gasteiger charge is -2.36. The number of anilines is 1. The first-order valence-corrected chi connectivity index (χ1v) is 9.03. The summed E-state index contributed by atoms with van der Waals surface area (Å²) in [6.45, 7) is 2.64. The van der Waals surface area contributed by atoms with E-state index in [0.717, 1.165) is 23.8 Å². The van der Waals surface area contributed by atoms with Gasteiger partial charge in [-0.25, -0.2) is 0 Å². The van der Waals surface area contributed by atoms with Crippen LogP contribution in [0.25, 0.3) is 0 Å².